The highest BCUT2D eigenvalue weighted by atomic mass is 14.9. The fraction of sp³-hybridized carbons (Fsp3) is 0.417. The van der Waals surface area contributed by atoms with Gasteiger partial charge in [0.1, 0.15) is 0 Å². The molecule has 138 valence electrons. The van der Waals surface area contributed by atoms with E-state index in [0.29, 0.717) is 0 Å². The molecule has 2 aromatic rings. The van der Waals surface area contributed by atoms with E-state index in [4.69, 9.17) is 0 Å². The largest absolute Gasteiger partial charge is 0.316 e. The summed E-state index contributed by atoms with van der Waals surface area (Å²) in [6.07, 6.45) is 9.43. The van der Waals surface area contributed by atoms with E-state index in [1.54, 1.807) is 0 Å². The van der Waals surface area contributed by atoms with Gasteiger partial charge in [-0.1, -0.05) is 74.0 Å². The Morgan fingerprint density at radius 1 is 1.04 bits per heavy atom. The first-order valence-electron chi connectivity index (χ1n) is 10.1. The fourth-order valence-electron chi connectivity index (χ4n) is 3.48. The second-order valence-corrected chi connectivity index (χ2v) is 7.41. The molecule has 0 amide bonds. The Bertz CT molecular complexity index is 682. The number of unbranched alkanes of at least 4 members (excludes halogenated alkanes) is 1. The first-order chi connectivity index (χ1) is 12.8. The number of aryl methyl sites for hydroxylation is 1. The molecule has 2 N–H and O–H groups in total. The summed E-state index contributed by atoms with van der Waals surface area (Å²) in [6.45, 7) is 6.63. The normalized spacial score (nSPS) is 17.2. The lowest BCUT2D eigenvalue weighted by molar-refractivity contribution is 0.512. The maximum atomic E-state index is 3.60. The number of hydrogen-bond acceptors (Lipinski definition) is 2. The maximum Gasteiger partial charge on any atom is 0.0205 e. The van der Waals surface area contributed by atoms with Crippen LogP contribution in [0.5, 0.6) is 0 Å². The van der Waals surface area contributed by atoms with Crippen molar-refractivity contribution in [1.29, 1.82) is 0 Å². The summed E-state index contributed by atoms with van der Waals surface area (Å²) in [7, 11) is 0. The molecule has 3 rings (SSSR count). The van der Waals surface area contributed by atoms with Crippen molar-refractivity contribution in [3.63, 3.8) is 0 Å². The predicted octanol–water partition coefficient (Wildman–Crippen LogP) is 4.90. The molecular weight excluding hydrogens is 316 g/mol. The Balaban J connectivity index is 1.51. The summed E-state index contributed by atoms with van der Waals surface area (Å²) in [6, 6.07) is 17.8. The average molecular weight is 349 g/mol. The lowest BCUT2D eigenvalue weighted by Crippen LogP contribution is -2.24. The van der Waals surface area contributed by atoms with Gasteiger partial charge in [0.15, 0.2) is 0 Å². The highest BCUT2D eigenvalue weighted by Gasteiger charge is 2.13. The van der Waals surface area contributed by atoms with Gasteiger partial charge >= 0.3 is 0 Å². The smallest absolute Gasteiger partial charge is 0.0205 e. The van der Waals surface area contributed by atoms with Crippen LogP contribution in [0.4, 0.5) is 0 Å². The zero-order valence-electron chi connectivity index (χ0n) is 16.0. The third kappa shape index (κ3) is 6.12. The molecule has 1 aliphatic heterocycles. The topological polar surface area (TPSA) is 24.1 Å². The van der Waals surface area contributed by atoms with Crippen molar-refractivity contribution < 1.29 is 0 Å². The van der Waals surface area contributed by atoms with Crippen LogP contribution in [0.2, 0.25) is 0 Å². The van der Waals surface area contributed by atoms with E-state index in [9.17, 15) is 0 Å². The van der Waals surface area contributed by atoms with Crippen LogP contribution >= 0.6 is 0 Å². The van der Waals surface area contributed by atoms with E-state index in [0.717, 1.165) is 25.6 Å². The molecule has 1 aliphatic rings. The van der Waals surface area contributed by atoms with Gasteiger partial charge in [-0.15, -0.1) is 0 Å². The molecule has 2 aromatic carbocycles. The Kier molecular flexibility index (Phi) is 7.48. The molecular formula is C24H32N2. The number of hydrogen-bond donors (Lipinski definition) is 2. The molecule has 2 heteroatoms. The summed E-state index contributed by atoms with van der Waals surface area (Å²) < 4.78 is 0. The quantitative estimate of drug-likeness (QED) is 0.630. The van der Waals surface area contributed by atoms with Crippen molar-refractivity contribution in [1.82, 2.24) is 10.6 Å². The minimum absolute atomic E-state index is 0.790. The third-order valence-corrected chi connectivity index (χ3v) is 5.14. The Labute approximate surface area is 158 Å². The van der Waals surface area contributed by atoms with Gasteiger partial charge in [-0.25, -0.2) is 0 Å². The highest BCUT2D eigenvalue weighted by Crippen LogP contribution is 2.13. The van der Waals surface area contributed by atoms with Crippen molar-refractivity contribution in [3.05, 3.63) is 70.8 Å². The molecule has 1 heterocycles. The number of nitrogens with one attached hydrogen (secondary N) is 2. The third-order valence-electron chi connectivity index (χ3n) is 5.14. The summed E-state index contributed by atoms with van der Waals surface area (Å²) in [4.78, 5) is 0. The molecule has 0 bridgehead atoms. The van der Waals surface area contributed by atoms with Gasteiger partial charge in [0.05, 0.1) is 0 Å². The molecule has 0 aliphatic carbocycles. The Morgan fingerprint density at radius 3 is 2.65 bits per heavy atom. The summed E-state index contributed by atoms with van der Waals surface area (Å²) in [5, 5.41) is 7.03. The van der Waals surface area contributed by atoms with Crippen molar-refractivity contribution in [2.75, 3.05) is 19.6 Å². The minimum Gasteiger partial charge on any atom is -0.316 e. The lowest BCUT2D eigenvalue weighted by Gasteiger charge is -2.10. The van der Waals surface area contributed by atoms with E-state index in [1.165, 1.54) is 54.5 Å². The average Bonchev–Trinajstić information content (AvgIpc) is 3.19. The lowest BCUT2D eigenvalue weighted by atomic mass is 10.0. The number of rotatable bonds is 9. The van der Waals surface area contributed by atoms with Gasteiger partial charge in [0.25, 0.3) is 0 Å². The molecule has 1 atom stereocenters. The van der Waals surface area contributed by atoms with Gasteiger partial charge in [-0.3, -0.25) is 0 Å². The van der Waals surface area contributed by atoms with Crippen LogP contribution in [-0.4, -0.2) is 19.6 Å². The molecule has 1 saturated heterocycles. The highest BCUT2D eigenvalue weighted by molar-refractivity contribution is 5.69. The molecule has 1 unspecified atom stereocenters. The summed E-state index contributed by atoms with van der Waals surface area (Å²) in [5.74, 6) is 0.790. The second kappa shape index (κ2) is 10.3. The monoisotopic (exact) mass is 348 g/mol. The van der Waals surface area contributed by atoms with Crippen molar-refractivity contribution in [2.24, 2.45) is 5.92 Å². The van der Waals surface area contributed by atoms with Crippen LogP contribution in [-0.2, 0) is 13.0 Å². The van der Waals surface area contributed by atoms with E-state index < -0.39 is 0 Å². The summed E-state index contributed by atoms with van der Waals surface area (Å²) >= 11 is 0. The Morgan fingerprint density at radius 2 is 1.88 bits per heavy atom. The van der Waals surface area contributed by atoms with Gasteiger partial charge in [-0.05, 0) is 67.1 Å². The van der Waals surface area contributed by atoms with Crippen molar-refractivity contribution >= 4 is 12.2 Å². The molecule has 0 saturated carbocycles. The maximum absolute atomic E-state index is 3.60. The molecule has 2 nitrogen and oxygen atoms in total. The molecule has 0 radical (unpaired) electrons. The van der Waals surface area contributed by atoms with E-state index in [-0.39, 0.29) is 0 Å². The molecule has 1 fully saturated rings. The van der Waals surface area contributed by atoms with Crippen LogP contribution < -0.4 is 10.6 Å². The molecule has 0 aromatic heterocycles. The van der Waals surface area contributed by atoms with Crippen molar-refractivity contribution in [2.45, 2.75) is 39.2 Å². The van der Waals surface area contributed by atoms with E-state index in [1.807, 2.05) is 0 Å². The standard InChI is InChI=1S/C24H32N2/c1-2-3-5-20-8-10-21(11-9-20)12-13-22-6-4-7-23(16-22)17-26-19-24-14-15-25-18-24/h4,6-13,16,24-26H,2-3,5,14-15,17-19H2,1H3/b13-12+. The predicted molar refractivity (Wildman–Crippen MR) is 113 cm³/mol. The van der Waals surface area contributed by atoms with Gasteiger partial charge < -0.3 is 10.6 Å². The molecule has 0 spiro atoms. The molecule has 26 heavy (non-hydrogen) atoms. The van der Waals surface area contributed by atoms with Crippen LogP contribution in [0.1, 0.15) is 48.4 Å². The summed E-state index contributed by atoms with van der Waals surface area (Å²) in [5.41, 5.74) is 5.33. The zero-order valence-corrected chi connectivity index (χ0v) is 16.0. The van der Waals surface area contributed by atoms with Gasteiger partial charge in [0, 0.05) is 6.54 Å². The SMILES string of the molecule is CCCCc1ccc(/C=C/c2cccc(CNCC3CCNC3)c2)cc1. The van der Waals surface area contributed by atoms with E-state index in [2.05, 4.69) is 78.2 Å². The van der Waals surface area contributed by atoms with Gasteiger partial charge in [0.2, 0.25) is 0 Å². The Hall–Kier alpha value is -1.90. The first-order valence-corrected chi connectivity index (χ1v) is 10.1. The van der Waals surface area contributed by atoms with Crippen LogP contribution in [0.15, 0.2) is 48.5 Å². The second-order valence-electron chi connectivity index (χ2n) is 7.41. The fourth-order valence-corrected chi connectivity index (χ4v) is 3.48. The number of benzene rings is 2. The van der Waals surface area contributed by atoms with Gasteiger partial charge in [-0.2, -0.15) is 0 Å². The first kappa shape index (κ1) is 18.9. The van der Waals surface area contributed by atoms with Crippen molar-refractivity contribution in [3.8, 4) is 0 Å². The van der Waals surface area contributed by atoms with E-state index >= 15 is 0 Å². The van der Waals surface area contributed by atoms with Crippen LogP contribution in [0.3, 0.4) is 0 Å². The minimum atomic E-state index is 0.790. The zero-order chi connectivity index (χ0) is 18.0. The van der Waals surface area contributed by atoms with Crippen LogP contribution in [0.25, 0.3) is 12.2 Å². The van der Waals surface area contributed by atoms with Crippen LogP contribution in [0, 0.1) is 5.92 Å².